The van der Waals surface area contributed by atoms with Gasteiger partial charge in [-0.05, 0) is 43.2 Å². The molecule has 0 saturated heterocycles. The molecular weight excluding hydrogens is 250 g/mol. The lowest BCUT2D eigenvalue weighted by atomic mass is 10.1. The van der Waals surface area contributed by atoms with Crippen LogP contribution in [-0.4, -0.2) is 16.1 Å². The van der Waals surface area contributed by atoms with Crippen LogP contribution < -0.4 is 5.32 Å². The second kappa shape index (κ2) is 4.81. The number of carbonyl (C=O) groups is 1. The predicted octanol–water partition coefficient (Wildman–Crippen LogP) is 3.43. The summed E-state index contributed by atoms with van der Waals surface area (Å²) in [6.45, 7) is 4.03. The third-order valence-electron chi connectivity index (χ3n) is 3.58. The topological polar surface area (TPSA) is 57.8 Å². The highest BCUT2D eigenvalue weighted by atomic mass is 16.1. The molecule has 2 aromatic carbocycles. The van der Waals surface area contributed by atoms with Crippen LogP contribution in [0.3, 0.4) is 0 Å². The number of H-pyrrole nitrogens is 1. The highest BCUT2D eigenvalue weighted by molar-refractivity contribution is 6.12. The zero-order valence-electron chi connectivity index (χ0n) is 11.4. The first-order chi connectivity index (χ1) is 9.66. The summed E-state index contributed by atoms with van der Waals surface area (Å²) in [6, 6.07) is 11.4. The normalized spacial score (nSPS) is 10.7. The highest BCUT2D eigenvalue weighted by Gasteiger charge is 2.12. The number of anilines is 1. The van der Waals surface area contributed by atoms with E-state index in [2.05, 4.69) is 15.5 Å². The van der Waals surface area contributed by atoms with Crippen LogP contribution >= 0.6 is 0 Å². The third-order valence-corrected chi connectivity index (χ3v) is 3.58. The van der Waals surface area contributed by atoms with Crippen molar-refractivity contribution in [1.29, 1.82) is 0 Å². The molecule has 0 unspecified atom stereocenters. The fraction of sp³-hybridized carbons (Fsp3) is 0.125. The minimum absolute atomic E-state index is 0.120. The molecule has 20 heavy (non-hydrogen) atoms. The van der Waals surface area contributed by atoms with E-state index < -0.39 is 0 Å². The molecule has 1 aromatic heterocycles. The van der Waals surface area contributed by atoms with Crippen LogP contribution in [0.5, 0.6) is 0 Å². The van der Waals surface area contributed by atoms with Gasteiger partial charge in [0.1, 0.15) is 0 Å². The van der Waals surface area contributed by atoms with Crippen molar-refractivity contribution in [2.45, 2.75) is 13.8 Å². The Bertz CT molecular complexity index is 789. The minimum atomic E-state index is -0.120. The first-order valence-electron chi connectivity index (χ1n) is 6.46. The van der Waals surface area contributed by atoms with Crippen LogP contribution in [0, 0.1) is 13.8 Å². The van der Waals surface area contributed by atoms with Crippen molar-refractivity contribution < 1.29 is 4.79 Å². The Labute approximate surface area is 116 Å². The molecule has 3 rings (SSSR count). The number of hydrogen-bond donors (Lipinski definition) is 2. The maximum Gasteiger partial charge on any atom is 0.256 e. The van der Waals surface area contributed by atoms with Crippen LogP contribution in [0.1, 0.15) is 21.5 Å². The average Bonchev–Trinajstić information content (AvgIpc) is 2.92. The van der Waals surface area contributed by atoms with E-state index in [0.717, 1.165) is 27.7 Å². The largest absolute Gasteiger partial charge is 0.322 e. The number of fused-ring (bicyclic) bond motifs is 1. The molecule has 0 bridgehead atoms. The van der Waals surface area contributed by atoms with Gasteiger partial charge in [-0.3, -0.25) is 9.89 Å². The van der Waals surface area contributed by atoms with E-state index >= 15 is 0 Å². The molecule has 2 N–H and O–H groups in total. The van der Waals surface area contributed by atoms with E-state index in [-0.39, 0.29) is 5.91 Å². The van der Waals surface area contributed by atoms with Gasteiger partial charge < -0.3 is 5.32 Å². The fourth-order valence-corrected chi connectivity index (χ4v) is 2.24. The van der Waals surface area contributed by atoms with Crippen molar-refractivity contribution in [2.24, 2.45) is 0 Å². The Morgan fingerprint density at radius 2 is 1.95 bits per heavy atom. The number of nitrogens with one attached hydrogen (secondary N) is 2. The molecular formula is C16H15N3O. The minimum Gasteiger partial charge on any atom is -0.322 e. The number of amides is 1. The highest BCUT2D eigenvalue weighted by Crippen LogP contribution is 2.21. The van der Waals surface area contributed by atoms with E-state index in [9.17, 15) is 4.79 Å². The van der Waals surface area contributed by atoms with Crippen molar-refractivity contribution in [1.82, 2.24) is 10.2 Å². The van der Waals surface area contributed by atoms with Gasteiger partial charge >= 0.3 is 0 Å². The van der Waals surface area contributed by atoms with Gasteiger partial charge in [0.05, 0.1) is 17.3 Å². The molecule has 0 saturated carbocycles. The Balaban J connectivity index is 1.97. The SMILES string of the molecule is Cc1cccc(NC(=O)c2cccc3[nH]ncc23)c1C. The zero-order valence-corrected chi connectivity index (χ0v) is 11.4. The molecule has 0 atom stereocenters. The van der Waals surface area contributed by atoms with E-state index in [0.29, 0.717) is 5.56 Å². The molecule has 1 heterocycles. The predicted molar refractivity (Wildman–Crippen MR) is 80.0 cm³/mol. The molecule has 0 fully saturated rings. The lowest BCUT2D eigenvalue weighted by Crippen LogP contribution is -2.13. The van der Waals surface area contributed by atoms with E-state index in [1.807, 2.05) is 44.2 Å². The quantitative estimate of drug-likeness (QED) is 0.745. The van der Waals surface area contributed by atoms with Gasteiger partial charge in [0.15, 0.2) is 0 Å². The van der Waals surface area contributed by atoms with Crippen LogP contribution in [-0.2, 0) is 0 Å². The summed E-state index contributed by atoms with van der Waals surface area (Å²) in [4.78, 5) is 12.4. The maximum atomic E-state index is 12.4. The Morgan fingerprint density at radius 3 is 2.80 bits per heavy atom. The molecule has 3 aromatic rings. The number of rotatable bonds is 2. The van der Waals surface area contributed by atoms with Crippen molar-refractivity contribution in [3.05, 3.63) is 59.3 Å². The monoisotopic (exact) mass is 265 g/mol. The summed E-state index contributed by atoms with van der Waals surface area (Å²) in [7, 11) is 0. The van der Waals surface area contributed by atoms with Crippen molar-refractivity contribution in [2.75, 3.05) is 5.32 Å². The summed E-state index contributed by atoms with van der Waals surface area (Å²) < 4.78 is 0. The molecule has 4 nitrogen and oxygen atoms in total. The number of aryl methyl sites for hydroxylation is 1. The van der Waals surface area contributed by atoms with Crippen LogP contribution in [0.15, 0.2) is 42.6 Å². The van der Waals surface area contributed by atoms with Gasteiger partial charge in [0.25, 0.3) is 5.91 Å². The first-order valence-corrected chi connectivity index (χ1v) is 6.46. The number of hydrogen-bond acceptors (Lipinski definition) is 2. The summed E-state index contributed by atoms with van der Waals surface area (Å²) in [5.41, 5.74) is 4.57. The summed E-state index contributed by atoms with van der Waals surface area (Å²) in [5, 5.41) is 10.6. The van der Waals surface area contributed by atoms with Crippen molar-refractivity contribution in [3.63, 3.8) is 0 Å². The van der Waals surface area contributed by atoms with Crippen LogP contribution in [0.25, 0.3) is 10.9 Å². The Kier molecular flexibility index (Phi) is 2.99. The lowest BCUT2D eigenvalue weighted by molar-refractivity contribution is 0.102. The molecule has 1 amide bonds. The van der Waals surface area contributed by atoms with Gasteiger partial charge in [-0.1, -0.05) is 18.2 Å². The second-order valence-electron chi connectivity index (χ2n) is 4.84. The van der Waals surface area contributed by atoms with E-state index in [1.54, 1.807) is 12.3 Å². The standard InChI is InChI=1S/C16H15N3O/c1-10-5-3-7-14(11(10)2)18-16(20)12-6-4-8-15-13(12)9-17-19-15/h3-9H,1-2H3,(H,17,19)(H,18,20). The van der Waals surface area contributed by atoms with Crippen molar-refractivity contribution in [3.8, 4) is 0 Å². The van der Waals surface area contributed by atoms with Crippen LogP contribution in [0.4, 0.5) is 5.69 Å². The fourth-order valence-electron chi connectivity index (χ4n) is 2.24. The van der Waals surface area contributed by atoms with Gasteiger partial charge in [0, 0.05) is 11.1 Å². The molecule has 0 spiro atoms. The number of carbonyl (C=O) groups excluding carboxylic acids is 1. The maximum absolute atomic E-state index is 12.4. The Morgan fingerprint density at radius 1 is 1.15 bits per heavy atom. The second-order valence-corrected chi connectivity index (χ2v) is 4.84. The van der Waals surface area contributed by atoms with E-state index in [4.69, 9.17) is 0 Å². The van der Waals surface area contributed by atoms with Gasteiger partial charge in [-0.2, -0.15) is 5.10 Å². The Hall–Kier alpha value is -2.62. The molecule has 0 aliphatic rings. The zero-order chi connectivity index (χ0) is 14.1. The first kappa shape index (κ1) is 12.4. The average molecular weight is 265 g/mol. The summed E-state index contributed by atoms with van der Waals surface area (Å²) in [5.74, 6) is -0.120. The van der Waals surface area contributed by atoms with Gasteiger partial charge in [0.2, 0.25) is 0 Å². The summed E-state index contributed by atoms with van der Waals surface area (Å²) in [6.07, 6.45) is 1.67. The lowest BCUT2D eigenvalue weighted by Gasteiger charge is -2.10. The smallest absolute Gasteiger partial charge is 0.256 e. The molecule has 4 heteroatoms. The number of aromatic amines is 1. The molecule has 100 valence electrons. The summed E-state index contributed by atoms with van der Waals surface area (Å²) >= 11 is 0. The van der Waals surface area contributed by atoms with Gasteiger partial charge in [-0.15, -0.1) is 0 Å². The third kappa shape index (κ3) is 2.05. The number of benzene rings is 2. The van der Waals surface area contributed by atoms with E-state index in [1.165, 1.54) is 0 Å². The molecule has 0 aliphatic heterocycles. The van der Waals surface area contributed by atoms with Crippen LogP contribution in [0.2, 0.25) is 0 Å². The number of aromatic nitrogens is 2. The molecule has 0 aliphatic carbocycles. The molecule has 0 radical (unpaired) electrons. The van der Waals surface area contributed by atoms with Gasteiger partial charge in [-0.25, -0.2) is 0 Å². The van der Waals surface area contributed by atoms with Crippen molar-refractivity contribution >= 4 is 22.5 Å². The number of nitrogens with zero attached hydrogens (tertiary/aromatic N) is 1.